The highest BCUT2D eigenvalue weighted by atomic mass is 32.2. The molecular formula is C39H44N2O4S2. The summed E-state index contributed by atoms with van der Waals surface area (Å²) in [6.45, 7) is 9.04. The van der Waals surface area contributed by atoms with Crippen LogP contribution in [0.15, 0.2) is 106 Å². The van der Waals surface area contributed by atoms with E-state index in [1.807, 2.05) is 44.2 Å². The Morgan fingerprint density at radius 1 is 0.617 bits per heavy atom. The Labute approximate surface area is 281 Å². The molecular weight excluding hydrogens is 625 g/mol. The lowest BCUT2D eigenvalue weighted by Crippen LogP contribution is -2.29. The van der Waals surface area contributed by atoms with Gasteiger partial charge >= 0.3 is 0 Å². The minimum atomic E-state index is -3.44. The quantitative estimate of drug-likeness (QED) is 0.192. The number of fused-ring (bicyclic) bond motifs is 2. The second-order valence-corrected chi connectivity index (χ2v) is 16.5. The lowest BCUT2D eigenvalue weighted by atomic mass is 10.00. The molecule has 0 aliphatic heterocycles. The molecule has 2 aliphatic rings. The van der Waals surface area contributed by atoms with E-state index in [1.54, 1.807) is 31.3 Å². The van der Waals surface area contributed by atoms with Crippen molar-refractivity contribution in [3.63, 3.8) is 0 Å². The molecule has 0 aromatic heterocycles. The van der Waals surface area contributed by atoms with Crippen LogP contribution in [0, 0.1) is 13.8 Å². The van der Waals surface area contributed by atoms with Gasteiger partial charge in [0.15, 0.2) is 0 Å². The minimum Gasteiger partial charge on any atom is -0.211 e. The average molecular weight is 669 g/mol. The van der Waals surface area contributed by atoms with E-state index in [4.69, 9.17) is 0 Å². The third kappa shape index (κ3) is 8.37. The molecule has 0 heterocycles. The molecule has 0 spiro atoms. The van der Waals surface area contributed by atoms with Crippen LogP contribution in [0.2, 0.25) is 0 Å². The molecule has 6 nitrogen and oxygen atoms in total. The largest absolute Gasteiger partial charge is 0.242 e. The van der Waals surface area contributed by atoms with Crippen LogP contribution in [0.4, 0.5) is 0 Å². The lowest BCUT2D eigenvalue weighted by molar-refractivity contribution is 0.472. The molecule has 4 aromatic carbocycles. The maximum atomic E-state index is 12.7. The first-order valence-corrected chi connectivity index (χ1v) is 18.9. The van der Waals surface area contributed by atoms with E-state index >= 15 is 0 Å². The van der Waals surface area contributed by atoms with Crippen molar-refractivity contribution in [3.8, 4) is 0 Å². The first-order valence-electron chi connectivity index (χ1n) is 16.0. The van der Waals surface area contributed by atoms with Crippen molar-refractivity contribution in [3.05, 3.63) is 141 Å². The van der Waals surface area contributed by atoms with Gasteiger partial charge in [0.1, 0.15) is 0 Å². The summed E-state index contributed by atoms with van der Waals surface area (Å²) in [6.07, 6.45) is 7.79. The van der Waals surface area contributed by atoms with Crippen LogP contribution in [0.5, 0.6) is 0 Å². The van der Waals surface area contributed by atoms with Gasteiger partial charge in [0.2, 0.25) is 20.0 Å². The number of aryl methyl sites for hydroxylation is 2. The summed E-state index contributed by atoms with van der Waals surface area (Å²) in [6, 6.07) is 26.5. The predicted octanol–water partition coefficient (Wildman–Crippen LogP) is 7.29. The molecule has 0 saturated heterocycles. The number of nitrogens with one attached hydrogen (secondary N) is 1. The number of benzene rings is 4. The number of sulfonamides is 2. The molecule has 0 bridgehead atoms. The fourth-order valence-electron chi connectivity index (χ4n) is 6.08. The SMILES string of the molecule is CC1=Cc2cccc(CCN(C)S(=O)(=O)c3ccc(C)cc3)c2C1.CC1=Cc2cccc(CCNS(=O)(=O)c3ccc(C)cc3)c2C1. The fourth-order valence-corrected chi connectivity index (χ4v) is 8.28. The summed E-state index contributed by atoms with van der Waals surface area (Å²) < 4.78 is 54.1. The highest BCUT2D eigenvalue weighted by Gasteiger charge is 2.22. The van der Waals surface area contributed by atoms with E-state index in [0.29, 0.717) is 29.3 Å². The summed E-state index contributed by atoms with van der Waals surface area (Å²) in [5.41, 5.74) is 12.5. The Balaban J connectivity index is 0.000000185. The summed E-state index contributed by atoms with van der Waals surface area (Å²) in [7, 11) is -5.21. The molecule has 0 saturated carbocycles. The smallest absolute Gasteiger partial charge is 0.211 e. The molecule has 4 aromatic rings. The third-order valence-electron chi connectivity index (χ3n) is 8.78. The molecule has 8 heteroatoms. The molecule has 47 heavy (non-hydrogen) atoms. The number of hydrogen-bond acceptors (Lipinski definition) is 4. The van der Waals surface area contributed by atoms with Crippen LogP contribution < -0.4 is 4.72 Å². The summed E-state index contributed by atoms with van der Waals surface area (Å²) in [5.74, 6) is 0. The summed E-state index contributed by atoms with van der Waals surface area (Å²) in [4.78, 5) is 0.672. The van der Waals surface area contributed by atoms with Crippen LogP contribution in [0.1, 0.15) is 58.4 Å². The van der Waals surface area contributed by atoms with E-state index < -0.39 is 20.0 Å². The van der Waals surface area contributed by atoms with Crippen molar-refractivity contribution in [1.82, 2.24) is 9.03 Å². The standard InChI is InChI=1S/C20H23NO2S.C19H21NO2S/c1-15-7-9-19(10-8-15)24(22,23)21(3)12-11-17-5-4-6-18-13-16(2)14-20(17)18;1-14-6-8-18(9-7-14)23(21,22)20-11-10-16-4-3-5-17-12-15(2)13-19(16)17/h4-10,13H,11-12,14H2,1-3H3;3-9,12,20H,10-11,13H2,1-2H3. The highest BCUT2D eigenvalue weighted by Crippen LogP contribution is 2.29. The van der Waals surface area contributed by atoms with Gasteiger partial charge in [-0.05, 0) is 111 Å². The molecule has 0 atom stereocenters. The topological polar surface area (TPSA) is 83.6 Å². The van der Waals surface area contributed by atoms with Crippen LogP contribution in [-0.4, -0.2) is 41.3 Å². The van der Waals surface area contributed by atoms with Gasteiger partial charge in [-0.3, -0.25) is 0 Å². The molecule has 0 fully saturated rings. The Bertz CT molecular complexity index is 2030. The van der Waals surface area contributed by atoms with E-state index in [2.05, 4.69) is 61.1 Å². The zero-order valence-corrected chi connectivity index (χ0v) is 29.5. The van der Waals surface area contributed by atoms with E-state index in [-0.39, 0.29) is 0 Å². The Hall–Kier alpha value is -3.82. The number of allylic oxidation sites excluding steroid dienone is 2. The second kappa shape index (κ2) is 14.5. The van der Waals surface area contributed by atoms with Gasteiger partial charge in [-0.25, -0.2) is 25.9 Å². The number of likely N-dealkylation sites (N-methyl/N-ethyl adjacent to an activating group) is 1. The maximum absolute atomic E-state index is 12.7. The van der Waals surface area contributed by atoms with Crippen molar-refractivity contribution in [1.29, 1.82) is 0 Å². The monoisotopic (exact) mass is 668 g/mol. The van der Waals surface area contributed by atoms with Gasteiger partial charge < -0.3 is 0 Å². The van der Waals surface area contributed by atoms with Gasteiger partial charge in [0.25, 0.3) is 0 Å². The zero-order chi connectivity index (χ0) is 33.8. The molecule has 246 valence electrons. The highest BCUT2D eigenvalue weighted by molar-refractivity contribution is 7.89. The molecule has 2 aliphatic carbocycles. The Morgan fingerprint density at radius 2 is 1.09 bits per heavy atom. The molecule has 0 unspecified atom stereocenters. The fraction of sp³-hybridized carbons (Fsp3) is 0.282. The average Bonchev–Trinajstić information content (AvgIpc) is 3.62. The van der Waals surface area contributed by atoms with Crippen molar-refractivity contribution >= 4 is 32.2 Å². The molecule has 6 rings (SSSR count). The van der Waals surface area contributed by atoms with Crippen LogP contribution in [0.3, 0.4) is 0 Å². The Kier molecular flexibility index (Phi) is 10.7. The minimum absolute atomic E-state index is 0.318. The number of hydrogen-bond donors (Lipinski definition) is 1. The van der Waals surface area contributed by atoms with Crippen LogP contribution in [0.25, 0.3) is 12.2 Å². The van der Waals surface area contributed by atoms with Crippen LogP contribution in [-0.2, 0) is 45.7 Å². The van der Waals surface area contributed by atoms with Crippen molar-refractivity contribution < 1.29 is 16.8 Å². The second-order valence-electron chi connectivity index (χ2n) is 12.7. The van der Waals surface area contributed by atoms with Gasteiger partial charge in [-0.2, -0.15) is 0 Å². The van der Waals surface area contributed by atoms with Crippen molar-refractivity contribution in [2.45, 2.75) is 63.2 Å². The van der Waals surface area contributed by atoms with Gasteiger partial charge in [-0.15, -0.1) is 0 Å². The zero-order valence-electron chi connectivity index (χ0n) is 27.9. The lowest BCUT2D eigenvalue weighted by Gasteiger charge is -2.18. The number of rotatable bonds is 10. The maximum Gasteiger partial charge on any atom is 0.242 e. The van der Waals surface area contributed by atoms with Gasteiger partial charge in [-0.1, -0.05) is 95.1 Å². The molecule has 0 radical (unpaired) electrons. The normalized spacial score (nSPS) is 13.8. The third-order valence-corrected chi connectivity index (χ3v) is 12.1. The van der Waals surface area contributed by atoms with Gasteiger partial charge in [0.05, 0.1) is 9.79 Å². The number of nitrogens with zero attached hydrogens (tertiary/aromatic N) is 1. The van der Waals surface area contributed by atoms with Gasteiger partial charge in [0, 0.05) is 20.1 Å². The van der Waals surface area contributed by atoms with Crippen LogP contribution >= 0.6 is 0 Å². The van der Waals surface area contributed by atoms with E-state index in [1.165, 1.54) is 48.8 Å². The summed E-state index contributed by atoms with van der Waals surface area (Å²) in [5, 5.41) is 0. The van der Waals surface area contributed by atoms with E-state index in [0.717, 1.165) is 30.4 Å². The predicted molar refractivity (Wildman–Crippen MR) is 192 cm³/mol. The molecule has 0 amide bonds. The Morgan fingerprint density at radius 3 is 1.60 bits per heavy atom. The van der Waals surface area contributed by atoms with E-state index in [9.17, 15) is 16.8 Å². The van der Waals surface area contributed by atoms with Crippen molar-refractivity contribution in [2.24, 2.45) is 0 Å². The molecule has 1 N–H and O–H groups in total. The first kappa shape index (κ1) is 34.5. The first-order chi connectivity index (χ1) is 22.3. The summed E-state index contributed by atoms with van der Waals surface area (Å²) >= 11 is 0. The van der Waals surface area contributed by atoms with Crippen molar-refractivity contribution in [2.75, 3.05) is 20.1 Å².